The summed E-state index contributed by atoms with van der Waals surface area (Å²) in [5.41, 5.74) is 1.06. The molecule has 0 fully saturated rings. The van der Waals surface area contributed by atoms with E-state index in [0.29, 0.717) is 12.3 Å². The number of aromatic nitrogens is 2. The Morgan fingerprint density at radius 3 is 2.82 bits per heavy atom. The van der Waals surface area contributed by atoms with Crippen LogP contribution in [0.4, 0.5) is 0 Å². The topological polar surface area (TPSA) is 80.0 Å². The minimum atomic E-state index is -0.242. The molecule has 0 unspecified atom stereocenters. The first-order chi connectivity index (χ1) is 9.70. The van der Waals surface area contributed by atoms with Gasteiger partial charge in [0.1, 0.15) is 0 Å². The van der Waals surface area contributed by atoms with Crippen molar-refractivity contribution in [2.75, 3.05) is 13.1 Å². The first-order valence-electron chi connectivity index (χ1n) is 6.59. The highest BCUT2D eigenvalue weighted by molar-refractivity contribution is 5.93. The van der Waals surface area contributed by atoms with E-state index in [9.17, 15) is 4.79 Å². The summed E-state index contributed by atoms with van der Waals surface area (Å²) in [4.78, 5) is 15.9. The Balaban J connectivity index is 0.00000220. The second kappa shape index (κ2) is 10.2. The normalized spacial score (nSPS) is 11.0. The lowest BCUT2D eigenvalue weighted by Crippen LogP contribution is -2.38. The van der Waals surface area contributed by atoms with Gasteiger partial charge in [0, 0.05) is 36.6 Å². The van der Waals surface area contributed by atoms with Gasteiger partial charge in [-0.2, -0.15) is 0 Å². The van der Waals surface area contributed by atoms with Crippen LogP contribution in [0.2, 0.25) is 0 Å². The standard InChI is InChI=1S/C14H18N4O2.2ClH/c1-3-16-10(2)8-17-14(19)12-7-13(20-18-12)11-5-4-6-15-9-11;;/h4-7,9-10,16H,3,8H2,1-2H3,(H,17,19);2*1H/t10-;;/m1../s1. The molecule has 2 aromatic heterocycles. The zero-order valence-electron chi connectivity index (χ0n) is 12.4. The van der Waals surface area contributed by atoms with Gasteiger partial charge in [-0.05, 0) is 25.6 Å². The highest BCUT2D eigenvalue weighted by Gasteiger charge is 2.14. The van der Waals surface area contributed by atoms with Crippen molar-refractivity contribution < 1.29 is 9.32 Å². The molecule has 2 rings (SSSR count). The summed E-state index contributed by atoms with van der Waals surface area (Å²) in [6.45, 7) is 5.44. The molecule has 0 radical (unpaired) electrons. The number of hydrogen-bond acceptors (Lipinski definition) is 5. The maximum atomic E-state index is 11.9. The van der Waals surface area contributed by atoms with Gasteiger partial charge in [-0.3, -0.25) is 9.78 Å². The molecule has 22 heavy (non-hydrogen) atoms. The number of hydrogen-bond donors (Lipinski definition) is 2. The van der Waals surface area contributed by atoms with Crippen molar-refractivity contribution in [2.45, 2.75) is 19.9 Å². The smallest absolute Gasteiger partial charge is 0.273 e. The molecular formula is C14H20Cl2N4O2. The molecule has 2 aromatic rings. The molecule has 1 amide bonds. The average molecular weight is 347 g/mol. The lowest BCUT2D eigenvalue weighted by Gasteiger charge is -2.12. The number of halogens is 2. The third-order valence-electron chi connectivity index (χ3n) is 2.81. The van der Waals surface area contributed by atoms with E-state index in [0.717, 1.165) is 12.1 Å². The molecule has 2 N–H and O–H groups in total. The number of likely N-dealkylation sites (N-methyl/N-ethyl adjacent to an activating group) is 1. The van der Waals surface area contributed by atoms with Crippen LogP contribution in [-0.2, 0) is 0 Å². The highest BCUT2D eigenvalue weighted by atomic mass is 35.5. The first kappa shape index (κ1) is 20.4. The molecule has 0 saturated heterocycles. The van der Waals surface area contributed by atoms with E-state index in [1.165, 1.54) is 0 Å². The molecule has 2 heterocycles. The summed E-state index contributed by atoms with van der Waals surface area (Å²) in [6, 6.07) is 5.48. The summed E-state index contributed by atoms with van der Waals surface area (Å²) >= 11 is 0. The summed E-state index contributed by atoms with van der Waals surface area (Å²) in [5, 5.41) is 9.81. The quantitative estimate of drug-likeness (QED) is 0.838. The van der Waals surface area contributed by atoms with Crippen LogP contribution in [0.25, 0.3) is 11.3 Å². The van der Waals surface area contributed by atoms with Crippen LogP contribution in [0, 0.1) is 0 Å². The van der Waals surface area contributed by atoms with Crippen molar-refractivity contribution in [2.24, 2.45) is 0 Å². The van der Waals surface area contributed by atoms with Gasteiger partial charge >= 0.3 is 0 Å². The number of amides is 1. The van der Waals surface area contributed by atoms with E-state index in [-0.39, 0.29) is 42.5 Å². The van der Waals surface area contributed by atoms with Crippen LogP contribution < -0.4 is 10.6 Å². The monoisotopic (exact) mass is 346 g/mol. The van der Waals surface area contributed by atoms with Crippen molar-refractivity contribution in [3.63, 3.8) is 0 Å². The summed E-state index contributed by atoms with van der Waals surface area (Å²) in [5.74, 6) is 0.289. The Morgan fingerprint density at radius 1 is 1.41 bits per heavy atom. The Hall–Kier alpha value is -1.63. The van der Waals surface area contributed by atoms with Crippen molar-refractivity contribution in [1.29, 1.82) is 0 Å². The fraction of sp³-hybridized carbons (Fsp3) is 0.357. The molecule has 0 aromatic carbocycles. The summed E-state index contributed by atoms with van der Waals surface area (Å²) in [7, 11) is 0. The van der Waals surface area contributed by atoms with Crippen molar-refractivity contribution in [3.05, 3.63) is 36.3 Å². The van der Waals surface area contributed by atoms with Crippen LogP contribution in [-0.4, -0.2) is 35.2 Å². The van der Waals surface area contributed by atoms with Gasteiger partial charge < -0.3 is 15.2 Å². The lowest BCUT2D eigenvalue weighted by molar-refractivity contribution is 0.0941. The van der Waals surface area contributed by atoms with Crippen molar-refractivity contribution >= 4 is 30.7 Å². The fourth-order valence-electron chi connectivity index (χ4n) is 1.78. The van der Waals surface area contributed by atoms with E-state index >= 15 is 0 Å². The van der Waals surface area contributed by atoms with Crippen molar-refractivity contribution in [1.82, 2.24) is 20.8 Å². The number of carbonyl (C=O) groups excluding carboxylic acids is 1. The Labute approximate surface area is 141 Å². The molecule has 0 aliphatic heterocycles. The molecule has 6 nitrogen and oxygen atoms in total. The first-order valence-corrected chi connectivity index (χ1v) is 6.59. The van der Waals surface area contributed by atoms with E-state index < -0.39 is 0 Å². The molecular weight excluding hydrogens is 327 g/mol. The molecule has 1 atom stereocenters. The maximum Gasteiger partial charge on any atom is 0.273 e. The number of pyridine rings is 1. The second-order valence-electron chi connectivity index (χ2n) is 4.49. The maximum absolute atomic E-state index is 11.9. The van der Waals surface area contributed by atoms with Crippen LogP contribution in [0.1, 0.15) is 24.3 Å². The number of nitrogens with one attached hydrogen (secondary N) is 2. The van der Waals surface area contributed by atoms with Gasteiger partial charge in [-0.15, -0.1) is 24.8 Å². The Kier molecular flexibility index (Phi) is 9.40. The minimum absolute atomic E-state index is 0. The molecule has 0 aliphatic carbocycles. The number of nitrogens with zero attached hydrogens (tertiary/aromatic N) is 2. The van der Waals surface area contributed by atoms with E-state index in [1.54, 1.807) is 24.5 Å². The third-order valence-corrected chi connectivity index (χ3v) is 2.81. The molecule has 0 spiro atoms. The van der Waals surface area contributed by atoms with Crippen LogP contribution >= 0.6 is 24.8 Å². The van der Waals surface area contributed by atoms with Crippen molar-refractivity contribution in [3.8, 4) is 11.3 Å². The van der Waals surface area contributed by atoms with E-state index in [1.807, 2.05) is 19.9 Å². The summed E-state index contributed by atoms with van der Waals surface area (Å²) < 4.78 is 5.16. The third kappa shape index (κ3) is 5.63. The van der Waals surface area contributed by atoms with Gasteiger partial charge in [0.15, 0.2) is 11.5 Å². The van der Waals surface area contributed by atoms with Crippen LogP contribution in [0.15, 0.2) is 35.1 Å². The predicted octanol–water partition coefficient (Wildman–Crippen LogP) is 2.31. The Morgan fingerprint density at radius 2 is 2.18 bits per heavy atom. The predicted molar refractivity (Wildman–Crippen MR) is 89.7 cm³/mol. The minimum Gasteiger partial charge on any atom is -0.355 e. The van der Waals surface area contributed by atoms with Gasteiger partial charge in [0.05, 0.1) is 0 Å². The van der Waals surface area contributed by atoms with E-state index in [2.05, 4.69) is 20.8 Å². The van der Waals surface area contributed by atoms with Gasteiger partial charge in [-0.25, -0.2) is 0 Å². The molecule has 0 bridgehead atoms. The molecule has 0 saturated carbocycles. The zero-order chi connectivity index (χ0) is 14.4. The van der Waals surface area contributed by atoms with Gasteiger partial charge in [0.2, 0.25) is 0 Å². The largest absolute Gasteiger partial charge is 0.355 e. The second-order valence-corrected chi connectivity index (χ2v) is 4.49. The highest BCUT2D eigenvalue weighted by Crippen LogP contribution is 2.18. The molecule has 122 valence electrons. The summed E-state index contributed by atoms with van der Waals surface area (Å²) in [6.07, 6.45) is 3.34. The molecule has 8 heteroatoms. The SMILES string of the molecule is CCN[C@H](C)CNC(=O)c1cc(-c2cccnc2)on1.Cl.Cl. The van der Waals surface area contributed by atoms with Crippen LogP contribution in [0.3, 0.4) is 0 Å². The number of rotatable bonds is 6. The fourth-order valence-corrected chi connectivity index (χ4v) is 1.78. The number of carbonyl (C=O) groups is 1. The van der Waals surface area contributed by atoms with Gasteiger partial charge in [0.25, 0.3) is 5.91 Å². The van der Waals surface area contributed by atoms with Gasteiger partial charge in [-0.1, -0.05) is 12.1 Å². The van der Waals surface area contributed by atoms with E-state index in [4.69, 9.17) is 4.52 Å². The average Bonchev–Trinajstić information content (AvgIpc) is 2.96. The Bertz CT molecular complexity index is 563. The lowest BCUT2D eigenvalue weighted by atomic mass is 10.2. The zero-order valence-corrected chi connectivity index (χ0v) is 14.0. The molecule has 0 aliphatic rings. The van der Waals surface area contributed by atoms with Crippen LogP contribution in [0.5, 0.6) is 0 Å².